The zero-order valence-corrected chi connectivity index (χ0v) is 17.2. The third-order valence-electron chi connectivity index (χ3n) is 6.46. The summed E-state index contributed by atoms with van der Waals surface area (Å²) in [5, 5.41) is 10.8. The normalized spacial score (nSPS) is 24.0. The molecule has 2 saturated heterocycles. The largest absolute Gasteiger partial charge is 0.389 e. The summed E-state index contributed by atoms with van der Waals surface area (Å²) >= 11 is 0. The van der Waals surface area contributed by atoms with Crippen LogP contribution in [0.15, 0.2) is 18.3 Å². The number of rotatable bonds is 4. The van der Waals surface area contributed by atoms with Crippen molar-refractivity contribution in [2.24, 2.45) is 0 Å². The van der Waals surface area contributed by atoms with Crippen LogP contribution in [0.4, 0.5) is 0 Å². The van der Waals surface area contributed by atoms with Gasteiger partial charge in [0.05, 0.1) is 11.3 Å². The monoisotopic (exact) mass is 384 g/mol. The third-order valence-corrected chi connectivity index (χ3v) is 6.46. The first-order valence-electron chi connectivity index (χ1n) is 10.7. The van der Waals surface area contributed by atoms with Crippen molar-refractivity contribution in [1.29, 1.82) is 0 Å². The molecule has 1 N–H and O–H groups in total. The second kappa shape index (κ2) is 7.84. The first-order valence-corrected chi connectivity index (χ1v) is 10.7. The van der Waals surface area contributed by atoms with Gasteiger partial charge in [0.1, 0.15) is 5.65 Å². The van der Waals surface area contributed by atoms with E-state index < -0.39 is 5.60 Å². The zero-order valence-electron chi connectivity index (χ0n) is 17.2. The molecule has 28 heavy (non-hydrogen) atoms. The van der Waals surface area contributed by atoms with Gasteiger partial charge in [-0.1, -0.05) is 13.0 Å². The van der Waals surface area contributed by atoms with Crippen molar-refractivity contribution >= 4 is 11.6 Å². The van der Waals surface area contributed by atoms with Gasteiger partial charge in [-0.2, -0.15) is 0 Å². The molecule has 2 fully saturated rings. The van der Waals surface area contributed by atoms with Gasteiger partial charge in [0.2, 0.25) is 0 Å². The molecule has 1 amide bonds. The van der Waals surface area contributed by atoms with Crippen molar-refractivity contribution in [2.45, 2.75) is 64.5 Å². The molecule has 0 saturated carbocycles. The van der Waals surface area contributed by atoms with E-state index in [0.717, 1.165) is 68.6 Å². The SMILES string of the molecule is CCC1(O)CCCN(Cc2c(C(=O)N3CCCCC3)nc3c(C)cccn23)C1. The number of pyridine rings is 1. The molecule has 0 bridgehead atoms. The second-order valence-corrected chi connectivity index (χ2v) is 8.54. The van der Waals surface area contributed by atoms with Gasteiger partial charge in [-0.25, -0.2) is 4.98 Å². The van der Waals surface area contributed by atoms with Gasteiger partial charge in [-0.15, -0.1) is 0 Å². The highest BCUT2D eigenvalue weighted by molar-refractivity contribution is 5.94. The van der Waals surface area contributed by atoms with E-state index in [1.54, 1.807) is 0 Å². The Morgan fingerprint density at radius 2 is 2.00 bits per heavy atom. The average Bonchev–Trinajstić information content (AvgIpc) is 3.08. The van der Waals surface area contributed by atoms with Crippen LogP contribution in [0.3, 0.4) is 0 Å². The van der Waals surface area contributed by atoms with Gasteiger partial charge in [0.25, 0.3) is 5.91 Å². The Morgan fingerprint density at radius 1 is 1.21 bits per heavy atom. The quantitative estimate of drug-likeness (QED) is 0.880. The molecule has 4 rings (SSSR count). The van der Waals surface area contributed by atoms with Crippen LogP contribution in [0.1, 0.15) is 67.2 Å². The molecular weight excluding hydrogens is 352 g/mol. The van der Waals surface area contributed by atoms with E-state index >= 15 is 0 Å². The summed E-state index contributed by atoms with van der Waals surface area (Å²) < 4.78 is 2.08. The number of aromatic nitrogens is 2. The third kappa shape index (κ3) is 3.67. The maximum Gasteiger partial charge on any atom is 0.274 e. The van der Waals surface area contributed by atoms with E-state index in [9.17, 15) is 9.90 Å². The van der Waals surface area contributed by atoms with Gasteiger partial charge in [0.15, 0.2) is 5.69 Å². The van der Waals surface area contributed by atoms with E-state index in [-0.39, 0.29) is 5.91 Å². The smallest absolute Gasteiger partial charge is 0.274 e. The Morgan fingerprint density at radius 3 is 2.75 bits per heavy atom. The Bertz CT molecular complexity index is 856. The van der Waals surface area contributed by atoms with E-state index in [1.807, 2.05) is 37.1 Å². The summed E-state index contributed by atoms with van der Waals surface area (Å²) in [6.07, 6.45) is 7.95. The number of fused-ring (bicyclic) bond motifs is 1. The van der Waals surface area contributed by atoms with Gasteiger partial charge >= 0.3 is 0 Å². The van der Waals surface area contributed by atoms with E-state index in [2.05, 4.69) is 9.30 Å². The fraction of sp³-hybridized carbons (Fsp3) is 0.636. The van der Waals surface area contributed by atoms with Crippen molar-refractivity contribution in [1.82, 2.24) is 19.2 Å². The molecule has 152 valence electrons. The van der Waals surface area contributed by atoms with Gasteiger partial charge in [-0.05, 0) is 63.6 Å². The van der Waals surface area contributed by atoms with Crippen molar-refractivity contribution in [3.05, 3.63) is 35.3 Å². The highest BCUT2D eigenvalue weighted by Gasteiger charge is 2.33. The fourth-order valence-corrected chi connectivity index (χ4v) is 4.66. The molecule has 2 aromatic heterocycles. The minimum absolute atomic E-state index is 0.0561. The first-order chi connectivity index (χ1) is 13.5. The van der Waals surface area contributed by atoms with Crippen LogP contribution in [-0.2, 0) is 6.54 Å². The lowest BCUT2D eigenvalue weighted by Crippen LogP contribution is -2.47. The second-order valence-electron chi connectivity index (χ2n) is 8.54. The molecule has 2 aliphatic rings. The number of nitrogens with zero attached hydrogens (tertiary/aromatic N) is 4. The number of hydrogen-bond donors (Lipinski definition) is 1. The summed E-state index contributed by atoms with van der Waals surface area (Å²) in [5.74, 6) is 0.0561. The summed E-state index contributed by atoms with van der Waals surface area (Å²) in [4.78, 5) is 22.3. The number of imidazole rings is 1. The maximum absolute atomic E-state index is 13.3. The van der Waals surface area contributed by atoms with Gasteiger partial charge < -0.3 is 14.4 Å². The van der Waals surface area contributed by atoms with E-state index in [4.69, 9.17) is 4.98 Å². The molecule has 0 radical (unpaired) electrons. The zero-order chi connectivity index (χ0) is 19.7. The minimum atomic E-state index is -0.619. The van der Waals surface area contributed by atoms with Crippen LogP contribution >= 0.6 is 0 Å². The lowest BCUT2D eigenvalue weighted by molar-refractivity contribution is -0.0361. The highest BCUT2D eigenvalue weighted by atomic mass is 16.3. The Balaban J connectivity index is 1.69. The van der Waals surface area contributed by atoms with Crippen LogP contribution in [0.2, 0.25) is 0 Å². The molecular formula is C22H32N4O2. The lowest BCUT2D eigenvalue weighted by Gasteiger charge is -2.38. The maximum atomic E-state index is 13.3. The average molecular weight is 385 g/mol. The number of carbonyl (C=O) groups excluding carboxylic acids is 1. The van der Waals surface area contributed by atoms with Crippen molar-refractivity contribution in [3.63, 3.8) is 0 Å². The predicted molar refractivity (Wildman–Crippen MR) is 109 cm³/mol. The van der Waals surface area contributed by atoms with Crippen LogP contribution in [-0.4, -0.2) is 62.0 Å². The van der Waals surface area contributed by atoms with E-state index in [0.29, 0.717) is 18.8 Å². The minimum Gasteiger partial charge on any atom is -0.389 e. The van der Waals surface area contributed by atoms with Crippen LogP contribution in [0.5, 0.6) is 0 Å². The Hall–Kier alpha value is -1.92. The van der Waals surface area contributed by atoms with Crippen molar-refractivity contribution in [3.8, 4) is 0 Å². The van der Waals surface area contributed by atoms with Gasteiger partial charge in [0, 0.05) is 32.4 Å². The van der Waals surface area contributed by atoms with E-state index in [1.165, 1.54) is 6.42 Å². The fourth-order valence-electron chi connectivity index (χ4n) is 4.66. The number of aryl methyl sites for hydroxylation is 1. The topological polar surface area (TPSA) is 61.1 Å². The van der Waals surface area contributed by atoms with Crippen LogP contribution < -0.4 is 0 Å². The number of carbonyl (C=O) groups is 1. The Labute approximate surface area is 167 Å². The highest BCUT2D eigenvalue weighted by Crippen LogP contribution is 2.27. The standard InChI is InChI=1S/C22H32N4O2/c1-3-22(28)10-8-11-24(16-22)15-18-19(21(27)25-12-5-4-6-13-25)23-20-17(2)9-7-14-26(18)20/h7,9,14,28H,3-6,8,10-13,15-16H2,1-2H3. The molecule has 0 aliphatic carbocycles. The Kier molecular flexibility index (Phi) is 5.43. The number of piperidine rings is 2. The summed E-state index contributed by atoms with van der Waals surface area (Å²) in [6, 6.07) is 4.05. The molecule has 0 spiro atoms. The first kappa shape index (κ1) is 19.4. The molecule has 6 nitrogen and oxygen atoms in total. The predicted octanol–water partition coefficient (Wildman–Crippen LogP) is 3.01. The van der Waals surface area contributed by atoms with Crippen molar-refractivity contribution < 1.29 is 9.90 Å². The van der Waals surface area contributed by atoms with Crippen LogP contribution in [0, 0.1) is 6.92 Å². The molecule has 4 heterocycles. The molecule has 0 aromatic carbocycles. The number of likely N-dealkylation sites (tertiary alicyclic amines) is 2. The number of hydrogen-bond acceptors (Lipinski definition) is 4. The van der Waals surface area contributed by atoms with Crippen molar-refractivity contribution in [2.75, 3.05) is 26.2 Å². The number of aliphatic hydroxyl groups is 1. The molecule has 2 aliphatic heterocycles. The van der Waals surface area contributed by atoms with Crippen LogP contribution in [0.25, 0.3) is 5.65 Å². The summed E-state index contributed by atoms with van der Waals surface area (Å²) in [6.45, 7) is 7.97. The number of β-amino-alcohol motifs (C(OH)–C–C–N with tert-alkyl or cyclic N) is 1. The molecule has 1 atom stereocenters. The van der Waals surface area contributed by atoms with Gasteiger partial charge in [-0.3, -0.25) is 9.69 Å². The molecule has 6 heteroatoms. The molecule has 1 unspecified atom stereocenters. The molecule has 2 aromatic rings. The summed E-state index contributed by atoms with van der Waals surface area (Å²) in [5.41, 5.74) is 2.85. The number of amides is 1. The summed E-state index contributed by atoms with van der Waals surface area (Å²) in [7, 11) is 0. The lowest BCUT2D eigenvalue weighted by atomic mass is 9.90.